The van der Waals surface area contributed by atoms with Gasteiger partial charge in [-0.15, -0.1) is 0 Å². The number of rotatable bonds is 9. The second-order valence-electron chi connectivity index (χ2n) is 9.93. The molecule has 38 heavy (non-hydrogen) atoms. The molecule has 0 aliphatic carbocycles. The molecule has 2 aromatic carbocycles. The molecule has 0 aromatic heterocycles. The second kappa shape index (κ2) is 11.4. The number of amides is 1. The number of hydrogen-bond acceptors (Lipinski definition) is 7. The third-order valence-electron chi connectivity index (χ3n) is 7.23. The molecule has 3 aliphatic rings. The SMILES string of the molecule is C=CCOc1cccc([C@@H]2C(=C(O)c3ccc4c(c3)C[C@H](C)O4)C(=O)C(=O)N2CCCN2CCOCC2)c1. The van der Waals surface area contributed by atoms with Gasteiger partial charge in [0, 0.05) is 38.2 Å². The molecule has 2 atom stereocenters. The van der Waals surface area contributed by atoms with Gasteiger partial charge in [0.05, 0.1) is 24.8 Å². The van der Waals surface area contributed by atoms with Crippen molar-refractivity contribution in [3.8, 4) is 11.5 Å². The molecule has 2 saturated heterocycles. The topological polar surface area (TPSA) is 88.5 Å². The molecule has 200 valence electrons. The molecule has 0 radical (unpaired) electrons. The summed E-state index contributed by atoms with van der Waals surface area (Å²) in [4.78, 5) is 30.6. The Bertz CT molecular complexity index is 1250. The van der Waals surface area contributed by atoms with Crippen LogP contribution in [-0.2, 0) is 20.7 Å². The number of carbonyl (C=O) groups is 2. The van der Waals surface area contributed by atoms with Gasteiger partial charge in [-0.25, -0.2) is 0 Å². The highest BCUT2D eigenvalue weighted by Crippen LogP contribution is 2.41. The van der Waals surface area contributed by atoms with Gasteiger partial charge in [-0.3, -0.25) is 14.5 Å². The number of aliphatic hydroxyl groups excluding tert-OH is 1. The molecule has 2 fully saturated rings. The second-order valence-corrected chi connectivity index (χ2v) is 9.93. The van der Waals surface area contributed by atoms with Crippen LogP contribution in [0.4, 0.5) is 0 Å². The highest BCUT2D eigenvalue weighted by molar-refractivity contribution is 6.46. The van der Waals surface area contributed by atoms with E-state index in [1.807, 2.05) is 43.3 Å². The standard InChI is InChI=1S/C30H34N2O6/c1-3-14-37-24-7-4-6-21(19-24)27-26(28(33)22-8-9-25-23(18-22)17-20(2)38-25)29(34)30(35)32(27)11-5-10-31-12-15-36-16-13-31/h3-4,6-9,18-20,27,33H,1,5,10-17H2,2H3/t20-,27+/m0/s1. The largest absolute Gasteiger partial charge is 0.507 e. The lowest BCUT2D eigenvalue weighted by molar-refractivity contribution is -0.140. The Hall–Kier alpha value is -3.62. The monoisotopic (exact) mass is 518 g/mol. The fourth-order valence-electron chi connectivity index (χ4n) is 5.40. The first-order valence-corrected chi connectivity index (χ1v) is 13.2. The summed E-state index contributed by atoms with van der Waals surface area (Å²) >= 11 is 0. The number of carbonyl (C=O) groups excluding carboxylic acids is 2. The molecular weight excluding hydrogens is 484 g/mol. The van der Waals surface area contributed by atoms with Gasteiger partial charge in [0.25, 0.3) is 11.7 Å². The lowest BCUT2D eigenvalue weighted by Crippen LogP contribution is -2.38. The van der Waals surface area contributed by atoms with Crippen molar-refractivity contribution in [1.29, 1.82) is 0 Å². The smallest absolute Gasteiger partial charge is 0.295 e. The Morgan fingerprint density at radius 3 is 2.76 bits per heavy atom. The first-order chi connectivity index (χ1) is 18.5. The predicted molar refractivity (Wildman–Crippen MR) is 143 cm³/mol. The molecule has 0 spiro atoms. The van der Waals surface area contributed by atoms with Crippen molar-refractivity contribution in [2.45, 2.75) is 31.9 Å². The van der Waals surface area contributed by atoms with E-state index in [-0.39, 0.29) is 17.4 Å². The molecular formula is C30H34N2O6. The van der Waals surface area contributed by atoms with E-state index in [2.05, 4.69) is 11.5 Å². The third-order valence-corrected chi connectivity index (χ3v) is 7.23. The molecule has 0 bridgehead atoms. The van der Waals surface area contributed by atoms with Crippen molar-refractivity contribution in [1.82, 2.24) is 9.80 Å². The van der Waals surface area contributed by atoms with E-state index in [1.54, 1.807) is 17.0 Å². The van der Waals surface area contributed by atoms with E-state index in [0.717, 1.165) is 37.4 Å². The van der Waals surface area contributed by atoms with Gasteiger partial charge < -0.3 is 24.2 Å². The Balaban J connectivity index is 1.49. The van der Waals surface area contributed by atoms with Crippen LogP contribution in [0, 0.1) is 0 Å². The molecule has 3 aliphatic heterocycles. The summed E-state index contributed by atoms with van der Waals surface area (Å²) in [6, 6.07) is 12.0. The molecule has 8 nitrogen and oxygen atoms in total. The first-order valence-electron chi connectivity index (χ1n) is 13.2. The molecule has 5 rings (SSSR count). The van der Waals surface area contributed by atoms with Crippen molar-refractivity contribution in [3.63, 3.8) is 0 Å². The highest BCUT2D eigenvalue weighted by atomic mass is 16.5. The van der Waals surface area contributed by atoms with Crippen molar-refractivity contribution in [2.24, 2.45) is 0 Å². The van der Waals surface area contributed by atoms with E-state index in [1.165, 1.54) is 0 Å². The quantitative estimate of drug-likeness (QED) is 0.234. The first kappa shape index (κ1) is 26.0. The Morgan fingerprint density at radius 2 is 1.97 bits per heavy atom. The average Bonchev–Trinajstić information content (AvgIpc) is 3.43. The van der Waals surface area contributed by atoms with E-state index < -0.39 is 17.7 Å². The van der Waals surface area contributed by atoms with Crippen molar-refractivity contribution in [2.75, 3.05) is 46.0 Å². The lowest BCUT2D eigenvalue weighted by atomic mass is 9.94. The zero-order chi connectivity index (χ0) is 26.6. The Morgan fingerprint density at radius 1 is 1.16 bits per heavy atom. The molecule has 1 N–H and O–H groups in total. The van der Waals surface area contributed by atoms with Crippen LogP contribution in [0.1, 0.15) is 36.1 Å². The number of benzene rings is 2. The maximum absolute atomic E-state index is 13.4. The van der Waals surface area contributed by atoms with Gasteiger partial charge in [0.15, 0.2) is 0 Å². The lowest BCUT2D eigenvalue weighted by Gasteiger charge is -2.29. The predicted octanol–water partition coefficient (Wildman–Crippen LogP) is 3.72. The summed E-state index contributed by atoms with van der Waals surface area (Å²) in [5.41, 5.74) is 2.26. The minimum absolute atomic E-state index is 0.0535. The van der Waals surface area contributed by atoms with Crippen LogP contribution in [0.25, 0.3) is 5.76 Å². The van der Waals surface area contributed by atoms with Gasteiger partial charge in [-0.05, 0) is 54.8 Å². The van der Waals surface area contributed by atoms with E-state index >= 15 is 0 Å². The summed E-state index contributed by atoms with van der Waals surface area (Å²) in [6.07, 6.45) is 3.13. The van der Waals surface area contributed by atoms with Gasteiger partial charge >= 0.3 is 0 Å². The number of morpholine rings is 1. The molecule has 0 unspecified atom stereocenters. The summed E-state index contributed by atoms with van der Waals surface area (Å²) < 4.78 is 17.0. The third kappa shape index (κ3) is 5.33. The van der Waals surface area contributed by atoms with Crippen LogP contribution in [0.2, 0.25) is 0 Å². The maximum Gasteiger partial charge on any atom is 0.295 e. The highest BCUT2D eigenvalue weighted by Gasteiger charge is 2.46. The van der Waals surface area contributed by atoms with Gasteiger partial charge in [-0.1, -0.05) is 24.8 Å². The maximum atomic E-state index is 13.4. The number of aliphatic hydroxyl groups is 1. The van der Waals surface area contributed by atoms with Crippen LogP contribution in [0.5, 0.6) is 11.5 Å². The van der Waals surface area contributed by atoms with Crippen LogP contribution in [0.15, 0.2) is 60.7 Å². The van der Waals surface area contributed by atoms with E-state index in [4.69, 9.17) is 14.2 Å². The number of hydrogen-bond donors (Lipinski definition) is 1. The van der Waals surface area contributed by atoms with E-state index in [0.29, 0.717) is 49.7 Å². The summed E-state index contributed by atoms with van der Waals surface area (Å²) in [7, 11) is 0. The minimum atomic E-state index is -0.726. The number of Topliss-reactive ketones (excluding diaryl/α,β-unsaturated/α-hetero) is 1. The molecule has 3 heterocycles. The Kier molecular flexibility index (Phi) is 7.81. The van der Waals surface area contributed by atoms with E-state index in [9.17, 15) is 14.7 Å². The summed E-state index contributed by atoms with van der Waals surface area (Å²) in [5.74, 6) is -0.0783. The number of ether oxygens (including phenoxy) is 3. The minimum Gasteiger partial charge on any atom is -0.507 e. The number of ketones is 1. The summed E-state index contributed by atoms with van der Waals surface area (Å²) in [5, 5.41) is 11.5. The zero-order valence-corrected chi connectivity index (χ0v) is 21.7. The summed E-state index contributed by atoms with van der Waals surface area (Å²) in [6.45, 7) is 10.3. The van der Waals surface area contributed by atoms with Crippen molar-refractivity contribution >= 4 is 17.4 Å². The van der Waals surface area contributed by atoms with Gasteiger partial charge in [-0.2, -0.15) is 0 Å². The van der Waals surface area contributed by atoms with Crippen LogP contribution in [-0.4, -0.2) is 78.7 Å². The number of nitrogens with zero attached hydrogens (tertiary/aromatic N) is 2. The molecule has 8 heteroatoms. The zero-order valence-electron chi connectivity index (χ0n) is 21.7. The van der Waals surface area contributed by atoms with Crippen molar-refractivity contribution < 1.29 is 28.9 Å². The van der Waals surface area contributed by atoms with Crippen molar-refractivity contribution in [3.05, 3.63) is 77.4 Å². The van der Waals surface area contributed by atoms with Crippen LogP contribution in [0.3, 0.4) is 0 Å². The van der Waals surface area contributed by atoms with Gasteiger partial charge in [0.2, 0.25) is 0 Å². The van der Waals surface area contributed by atoms with Crippen LogP contribution < -0.4 is 9.47 Å². The average molecular weight is 519 g/mol. The Labute approximate surface area is 223 Å². The molecule has 2 aromatic rings. The van der Waals surface area contributed by atoms with Crippen LogP contribution >= 0.6 is 0 Å². The molecule has 0 saturated carbocycles. The fourth-order valence-corrected chi connectivity index (χ4v) is 5.40. The number of fused-ring (bicyclic) bond motifs is 1. The number of likely N-dealkylation sites (tertiary alicyclic amines) is 1. The van der Waals surface area contributed by atoms with Gasteiger partial charge in [0.1, 0.15) is 30.0 Å². The molecule has 1 amide bonds. The fraction of sp³-hybridized carbons (Fsp3) is 0.400. The normalized spacial score (nSPS) is 22.8.